The second-order valence-corrected chi connectivity index (χ2v) is 6.03. The molecular weight excluding hydrogens is 300 g/mol. The molecule has 0 spiro atoms. The Morgan fingerprint density at radius 1 is 1.36 bits per heavy atom. The van der Waals surface area contributed by atoms with Gasteiger partial charge in [0.2, 0.25) is 5.91 Å². The zero-order valence-corrected chi connectivity index (χ0v) is 14.5. The van der Waals surface area contributed by atoms with Crippen molar-refractivity contribution in [1.29, 1.82) is 0 Å². The van der Waals surface area contributed by atoms with Crippen LogP contribution in [0.15, 0.2) is 24.3 Å². The third-order valence-corrected chi connectivity index (χ3v) is 3.75. The van der Waals surface area contributed by atoms with Crippen LogP contribution in [-0.2, 0) is 11.3 Å². The van der Waals surface area contributed by atoms with Crippen molar-refractivity contribution in [3.8, 4) is 5.75 Å². The highest BCUT2D eigenvalue weighted by Crippen LogP contribution is 2.19. The van der Waals surface area contributed by atoms with Crippen molar-refractivity contribution in [1.82, 2.24) is 10.2 Å². The van der Waals surface area contributed by atoms with Crippen LogP contribution in [0.5, 0.6) is 5.75 Å². The Bertz CT molecular complexity index is 473. The molecule has 22 heavy (non-hydrogen) atoms. The molecule has 124 valence electrons. The molecule has 4 nitrogen and oxygen atoms in total. The van der Waals surface area contributed by atoms with Gasteiger partial charge in [0, 0.05) is 19.5 Å². The summed E-state index contributed by atoms with van der Waals surface area (Å²) in [6, 6.07) is 8.00. The van der Waals surface area contributed by atoms with E-state index in [-0.39, 0.29) is 30.3 Å². The van der Waals surface area contributed by atoms with E-state index in [9.17, 15) is 4.79 Å². The lowest BCUT2D eigenvalue weighted by molar-refractivity contribution is -0.135. The smallest absolute Gasteiger partial charge is 0.225 e. The minimum Gasteiger partial charge on any atom is -0.491 e. The van der Waals surface area contributed by atoms with E-state index in [0.29, 0.717) is 6.54 Å². The van der Waals surface area contributed by atoms with E-state index in [2.05, 4.69) is 5.32 Å². The van der Waals surface area contributed by atoms with Gasteiger partial charge in [-0.2, -0.15) is 0 Å². The summed E-state index contributed by atoms with van der Waals surface area (Å²) in [6.45, 7) is 6.56. The summed E-state index contributed by atoms with van der Waals surface area (Å²) >= 11 is 0. The van der Waals surface area contributed by atoms with Crippen LogP contribution in [0.2, 0.25) is 0 Å². The highest BCUT2D eigenvalue weighted by molar-refractivity contribution is 5.85. The van der Waals surface area contributed by atoms with E-state index in [1.807, 2.05) is 50.1 Å². The van der Waals surface area contributed by atoms with Gasteiger partial charge in [0.1, 0.15) is 5.75 Å². The van der Waals surface area contributed by atoms with Gasteiger partial charge in [0.05, 0.1) is 6.10 Å². The van der Waals surface area contributed by atoms with Crippen LogP contribution in [0.4, 0.5) is 0 Å². The Morgan fingerprint density at radius 2 is 2.05 bits per heavy atom. The lowest BCUT2D eigenvalue weighted by Crippen LogP contribution is -2.38. The first-order valence-corrected chi connectivity index (χ1v) is 7.77. The molecule has 5 heteroatoms. The Labute approximate surface area is 139 Å². The maximum absolute atomic E-state index is 12.4. The fourth-order valence-electron chi connectivity index (χ4n) is 2.72. The largest absolute Gasteiger partial charge is 0.491 e. The number of carbonyl (C=O) groups excluding carboxylic acids is 1. The first-order chi connectivity index (χ1) is 10.1. The monoisotopic (exact) mass is 326 g/mol. The van der Waals surface area contributed by atoms with Crippen LogP contribution in [0.1, 0.15) is 32.3 Å². The zero-order chi connectivity index (χ0) is 15.2. The number of ether oxygens (including phenoxy) is 1. The molecule has 1 aromatic rings. The summed E-state index contributed by atoms with van der Waals surface area (Å²) in [5, 5.41) is 3.30. The quantitative estimate of drug-likeness (QED) is 0.904. The summed E-state index contributed by atoms with van der Waals surface area (Å²) in [5.74, 6) is 1.29. The molecule has 0 atom stereocenters. The third-order valence-electron chi connectivity index (χ3n) is 3.75. The Hall–Kier alpha value is -1.26. The Balaban J connectivity index is 0.00000242. The minimum atomic E-state index is 0. The lowest BCUT2D eigenvalue weighted by Gasteiger charge is -2.27. The summed E-state index contributed by atoms with van der Waals surface area (Å²) < 4.78 is 5.70. The van der Waals surface area contributed by atoms with Crippen LogP contribution in [0.25, 0.3) is 0 Å². The number of hydrogen-bond acceptors (Lipinski definition) is 3. The topological polar surface area (TPSA) is 41.6 Å². The molecule has 0 bridgehead atoms. The normalized spacial score (nSPS) is 15.3. The van der Waals surface area contributed by atoms with Crippen LogP contribution in [-0.4, -0.2) is 37.0 Å². The minimum absolute atomic E-state index is 0. The third kappa shape index (κ3) is 5.50. The van der Waals surface area contributed by atoms with Gasteiger partial charge in [-0.3, -0.25) is 4.79 Å². The molecule has 0 radical (unpaired) electrons. The molecule has 1 aliphatic rings. The summed E-state index contributed by atoms with van der Waals surface area (Å²) in [4.78, 5) is 14.3. The molecule has 1 fully saturated rings. The maximum atomic E-state index is 12.4. The van der Waals surface area contributed by atoms with Crippen molar-refractivity contribution >= 4 is 18.3 Å². The number of benzene rings is 1. The maximum Gasteiger partial charge on any atom is 0.225 e. The highest BCUT2D eigenvalue weighted by Gasteiger charge is 2.23. The molecule has 2 rings (SSSR count). The molecule has 0 unspecified atom stereocenters. The van der Waals surface area contributed by atoms with Crippen molar-refractivity contribution < 1.29 is 9.53 Å². The number of carbonyl (C=O) groups is 1. The van der Waals surface area contributed by atoms with Crippen LogP contribution < -0.4 is 10.1 Å². The molecule has 1 amide bonds. The van der Waals surface area contributed by atoms with Gasteiger partial charge in [-0.25, -0.2) is 0 Å². The predicted octanol–water partition coefficient (Wildman–Crippen LogP) is 2.85. The average molecular weight is 327 g/mol. The first kappa shape index (κ1) is 18.8. The molecule has 1 saturated heterocycles. The van der Waals surface area contributed by atoms with Gasteiger partial charge in [-0.05, 0) is 57.5 Å². The molecule has 1 N–H and O–H groups in total. The van der Waals surface area contributed by atoms with E-state index < -0.39 is 0 Å². The Morgan fingerprint density at radius 3 is 2.68 bits per heavy atom. The molecule has 0 aromatic heterocycles. The summed E-state index contributed by atoms with van der Waals surface area (Å²) in [5.41, 5.74) is 1.11. The fourth-order valence-corrected chi connectivity index (χ4v) is 2.72. The second-order valence-electron chi connectivity index (χ2n) is 6.03. The van der Waals surface area contributed by atoms with Crippen molar-refractivity contribution in [3.63, 3.8) is 0 Å². The van der Waals surface area contributed by atoms with E-state index in [1.54, 1.807) is 0 Å². The molecule has 0 saturated carbocycles. The molecule has 1 aliphatic heterocycles. The molecular formula is C17H27ClN2O2. The van der Waals surface area contributed by atoms with Gasteiger partial charge in [0.15, 0.2) is 0 Å². The highest BCUT2D eigenvalue weighted by atomic mass is 35.5. The van der Waals surface area contributed by atoms with Crippen molar-refractivity contribution in [2.75, 3.05) is 20.1 Å². The average Bonchev–Trinajstić information content (AvgIpc) is 2.47. The predicted molar refractivity (Wildman–Crippen MR) is 91.5 cm³/mol. The first-order valence-electron chi connectivity index (χ1n) is 7.77. The van der Waals surface area contributed by atoms with Crippen molar-refractivity contribution in [2.24, 2.45) is 5.92 Å². The number of halogens is 1. The fraction of sp³-hybridized carbons (Fsp3) is 0.588. The molecule has 1 aromatic carbocycles. The molecule has 1 heterocycles. The SMILES string of the molecule is CC(C)Oc1cccc(CN(C)C(=O)C2CCNCC2)c1.Cl. The zero-order valence-electron chi connectivity index (χ0n) is 13.7. The van der Waals surface area contributed by atoms with Gasteiger partial charge >= 0.3 is 0 Å². The number of rotatable bonds is 5. The van der Waals surface area contributed by atoms with Gasteiger partial charge in [-0.15, -0.1) is 12.4 Å². The summed E-state index contributed by atoms with van der Waals surface area (Å²) in [7, 11) is 1.89. The number of hydrogen-bond donors (Lipinski definition) is 1. The molecule has 0 aliphatic carbocycles. The van der Waals surface area contributed by atoms with E-state index in [4.69, 9.17) is 4.74 Å². The second kappa shape index (κ2) is 9.01. The lowest BCUT2D eigenvalue weighted by atomic mass is 9.96. The number of nitrogens with zero attached hydrogens (tertiary/aromatic N) is 1. The van der Waals surface area contributed by atoms with Crippen molar-refractivity contribution in [2.45, 2.75) is 39.3 Å². The van der Waals surface area contributed by atoms with Crippen LogP contribution in [0.3, 0.4) is 0 Å². The number of amides is 1. The standard InChI is InChI=1S/C17H26N2O2.ClH/c1-13(2)21-16-6-4-5-14(11-16)12-19(3)17(20)15-7-9-18-10-8-15;/h4-6,11,13,15,18H,7-10,12H2,1-3H3;1H. The van der Waals surface area contributed by atoms with Crippen molar-refractivity contribution in [3.05, 3.63) is 29.8 Å². The van der Waals surface area contributed by atoms with E-state index in [1.165, 1.54) is 0 Å². The van der Waals surface area contributed by atoms with Gasteiger partial charge < -0.3 is 15.0 Å². The number of nitrogens with one attached hydrogen (secondary N) is 1. The summed E-state index contributed by atoms with van der Waals surface area (Å²) in [6.07, 6.45) is 2.05. The van der Waals surface area contributed by atoms with Gasteiger partial charge in [-0.1, -0.05) is 12.1 Å². The van der Waals surface area contributed by atoms with Crippen LogP contribution >= 0.6 is 12.4 Å². The Kier molecular flexibility index (Phi) is 7.69. The van der Waals surface area contributed by atoms with Gasteiger partial charge in [0.25, 0.3) is 0 Å². The van der Waals surface area contributed by atoms with E-state index >= 15 is 0 Å². The number of piperidine rings is 1. The van der Waals surface area contributed by atoms with E-state index in [0.717, 1.165) is 37.2 Å². The van der Waals surface area contributed by atoms with Crippen LogP contribution in [0, 0.1) is 5.92 Å².